The van der Waals surface area contributed by atoms with Crippen molar-refractivity contribution in [1.82, 2.24) is 9.88 Å². The van der Waals surface area contributed by atoms with Crippen molar-refractivity contribution in [2.45, 2.75) is 32.1 Å². The third-order valence-corrected chi connectivity index (χ3v) is 2.97. The zero-order valence-electron chi connectivity index (χ0n) is 9.99. The molecule has 2 N–H and O–H groups in total. The van der Waals surface area contributed by atoms with Crippen molar-refractivity contribution < 1.29 is 18.0 Å². The molecule has 1 heterocycles. The molecule has 1 amide bonds. The van der Waals surface area contributed by atoms with Crippen LogP contribution in [0.1, 0.15) is 24.0 Å². The van der Waals surface area contributed by atoms with Gasteiger partial charge in [0, 0.05) is 24.9 Å². The van der Waals surface area contributed by atoms with Crippen molar-refractivity contribution in [1.29, 1.82) is 0 Å². The van der Waals surface area contributed by atoms with Crippen molar-refractivity contribution in [3.8, 4) is 0 Å². The lowest BCUT2D eigenvalue weighted by Gasteiger charge is -2.16. The van der Waals surface area contributed by atoms with Crippen LogP contribution in [0.15, 0.2) is 5.38 Å². The summed E-state index contributed by atoms with van der Waals surface area (Å²) in [5, 5.41) is 1.20. The number of alkyl halides is 3. The summed E-state index contributed by atoms with van der Waals surface area (Å²) in [6.07, 6.45) is -4.28. The van der Waals surface area contributed by atoms with E-state index in [1.165, 1.54) is 11.9 Å². The number of carbonyl (C=O) groups is 1. The minimum Gasteiger partial charge on any atom is -0.339 e. The zero-order chi connectivity index (χ0) is 13.9. The number of nitrogens with two attached hydrogens (primary N) is 1. The van der Waals surface area contributed by atoms with Gasteiger partial charge in [-0.3, -0.25) is 4.79 Å². The van der Waals surface area contributed by atoms with Crippen LogP contribution in [0.5, 0.6) is 0 Å². The number of hydrogen-bond donors (Lipinski definition) is 1. The van der Waals surface area contributed by atoms with E-state index in [4.69, 9.17) is 5.73 Å². The fraction of sp³-hybridized carbons (Fsp3) is 0.600. The van der Waals surface area contributed by atoms with Crippen LogP contribution in [0.3, 0.4) is 0 Å². The van der Waals surface area contributed by atoms with Crippen molar-refractivity contribution in [3.63, 3.8) is 0 Å². The predicted molar refractivity (Wildman–Crippen MR) is 61.9 cm³/mol. The summed E-state index contributed by atoms with van der Waals surface area (Å²) in [7, 11) is 1.51. The molecule has 0 aliphatic carbocycles. The molecule has 0 fully saturated rings. The first-order valence-electron chi connectivity index (χ1n) is 5.21. The molecule has 102 valence electrons. The summed E-state index contributed by atoms with van der Waals surface area (Å²) in [6, 6.07) is -0.276. The van der Waals surface area contributed by atoms with E-state index in [1.54, 1.807) is 6.92 Å². The molecule has 1 atom stereocenters. The molecule has 18 heavy (non-hydrogen) atoms. The Kier molecular flexibility index (Phi) is 4.69. The van der Waals surface area contributed by atoms with Crippen LogP contribution in [0, 0.1) is 0 Å². The molecule has 0 saturated carbocycles. The van der Waals surface area contributed by atoms with Gasteiger partial charge in [0.05, 0.1) is 6.54 Å². The molecule has 8 heteroatoms. The zero-order valence-corrected chi connectivity index (χ0v) is 10.8. The number of thiazole rings is 1. The maximum atomic E-state index is 12.3. The highest BCUT2D eigenvalue weighted by molar-refractivity contribution is 7.09. The van der Waals surface area contributed by atoms with E-state index in [0.717, 1.165) is 16.7 Å². The number of nitrogens with zero attached hydrogens (tertiary/aromatic N) is 2. The molecule has 0 radical (unpaired) electrons. The molecule has 1 rings (SSSR count). The molecule has 0 bridgehead atoms. The van der Waals surface area contributed by atoms with Crippen molar-refractivity contribution in [2.75, 3.05) is 7.05 Å². The molecule has 0 saturated heterocycles. The summed E-state index contributed by atoms with van der Waals surface area (Å²) in [5.74, 6) is -0.214. The Balaban J connectivity index is 2.62. The Labute approximate surface area is 107 Å². The number of rotatable bonds is 4. The highest BCUT2D eigenvalue weighted by Crippen LogP contribution is 2.30. The molecular formula is C10H14F3N3OS. The first-order valence-corrected chi connectivity index (χ1v) is 6.09. The molecule has 0 aliphatic heterocycles. The van der Waals surface area contributed by atoms with E-state index >= 15 is 0 Å². The standard InChI is InChI=1S/C10H14F3N3OS/c1-6(14)3-9(17)16(2)4-8-15-7(5-18-8)10(11,12)13/h5-6H,3-4,14H2,1-2H3. The first-order chi connectivity index (χ1) is 8.20. The van der Waals surface area contributed by atoms with Crippen LogP contribution in [-0.2, 0) is 17.5 Å². The molecular weight excluding hydrogens is 267 g/mol. The highest BCUT2D eigenvalue weighted by atomic mass is 32.1. The number of halogens is 3. The molecule has 0 spiro atoms. The van der Waals surface area contributed by atoms with E-state index in [0.29, 0.717) is 0 Å². The normalized spacial score (nSPS) is 13.4. The second-order valence-corrected chi connectivity index (χ2v) is 5.00. The van der Waals surface area contributed by atoms with Gasteiger partial charge in [-0.25, -0.2) is 4.98 Å². The molecule has 1 aromatic heterocycles. The summed E-state index contributed by atoms with van der Waals surface area (Å²) in [5.41, 5.74) is 4.56. The van der Waals surface area contributed by atoms with Crippen molar-refractivity contribution in [3.05, 3.63) is 16.1 Å². The Morgan fingerprint density at radius 2 is 2.22 bits per heavy atom. The topological polar surface area (TPSA) is 59.2 Å². The average molecular weight is 281 g/mol. The predicted octanol–water partition coefficient (Wildman–Crippen LogP) is 1.86. The van der Waals surface area contributed by atoms with E-state index in [9.17, 15) is 18.0 Å². The average Bonchev–Trinajstić information content (AvgIpc) is 2.64. The van der Waals surface area contributed by atoms with Gasteiger partial charge in [-0.05, 0) is 6.92 Å². The highest BCUT2D eigenvalue weighted by Gasteiger charge is 2.33. The Bertz CT molecular complexity index is 417. The Morgan fingerprint density at radius 1 is 1.61 bits per heavy atom. The van der Waals surface area contributed by atoms with E-state index in [-0.39, 0.29) is 29.9 Å². The quantitative estimate of drug-likeness (QED) is 0.916. The maximum absolute atomic E-state index is 12.3. The van der Waals surface area contributed by atoms with Crippen LogP contribution in [-0.4, -0.2) is 28.9 Å². The van der Waals surface area contributed by atoms with Gasteiger partial charge in [0.15, 0.2) is 5.69 Å². The first kappa shape index (κ1) is 14.9. The van der Waals surface area contributed by atoms with Gasteiger partial charge in [0.2, 0.25) is 5.91 Å². The number of aromatic nitrogens is 1. The Hall–Kier alpha value is -1.15. The second kappa shape index (κ2) is 5.66. The SMILES string of the molecule is CC(N)CC(=O)N(C)Cc1nc(C(F)(F)F)cs1. The number of amides is 1. The van der Waals surface area contributed by atoms with Gasteiger partial charge in [-0.1, -0.05) is 0 Å². The lowest BCUT2D eigenvalue weighted by atomic mass is 10.2. The summed E-state index contributed by atoms with van der Waals surface area (Å²) < 4.78 is 36.9. The van der Waals surface area contributed by atoms with Gasteiger partial charge < -0.3 is 10.6 Å². The monoisotopic (exact) mass is 281 g/mol. The molecule has 0 aliphatic rings. The molecule has 1 aromatic rings. The summed E-state index contributed by atoms with van der Waals surface area (Å²) >= 11 is 0.885. The third-order valence-electron chi connectivity index (χ3n) is 2.14. The minimum absolute atomic E-state index is 0.0618. The smallest absolute Gasteiger partial charge is 0.339 e. The van der Waals surface area contributed by atoms with Gasteiger partial charge in [-0.15, -0.1) is 11.3 Å². The van der Waals surface area contributed by atoms with Gasteiger partial charge in [-0.2, -0.15) is 13.2 Å². The van der Waals surface area contributed by atoms with E-state index in [1.807, 2.05) is 0 Å². The molecule has 1 unspecified atom stereocenters. The van der Waals surface area contributed by atoms with Gasteiger partial charge in [0.1, 0.15) is 5.01 Å². The van der Waals surface area contributed by atoms with Crippen LogP contribution >= 0.6 is 11.3 Å². The lowest BCUT2D eigenvalue weighted by Crippen LogP contribution is -2.31. The van der Waals surface area contributed by atoms with Crippen LogP contribution in [0.2, 0.25) is 0 Å². The Morgan fingerprint density at radius 3 is 2.67 bits per heavy atom. The molecule has 4 nitrogen and oxygen atoms in total. The summed E-state index contributed by atoms with van der Waals surface area (Å²) in [6.45, 7) is 1.75. The third kappa shape index (κ3) is 4.26. The van der Waals surface area contributed by atoms with Crippen LogP contribution in [0.25, 0.3) is 0 Å². The largest absolute Gasteiger partial charge is 0.434 e. The van der Waals surface area contributed by atoms with E-state index in [2.05, 4.69) is 4.98 Å². The van der Waals surface area contributed by atoms with Crippen molar-refractivity contribution >= 4 is 17.2 Å². The number of carbonyl (C=O) groups excluding carboxylic acids is 1. The second-order valence-electron chi connectivity index (χ2n) is 4.06. The maximum Gasteiger partial charge on any atom is 0.434 e. The van der Waals surface area contributed by atoms with Crippen LogP contribution < -0.4 is 5.73 Å². The van der Waals surface area contributed by atoms with Gasteiger partial charge in [0.25, 0.3) is 0 Å². The molecule has 0 aromatic carbocycles. The minimum atomic E-state index is -4.44. The number of hydrogen-bond acceptors (Lipinski definition) is 4. The van der Waals surface area contributed by atoms with E-state index < -0.39 is 11.9 Å². The fourth-order valence-corrected chi connectivity index (χ4v) is 2.09. The van der Waals surface area contributed by atoms with Crippen LogP contribution in [0.4, 0.5) is 13.2 Å². The van der Waals surface area contributed by atoms with Crippen molar-refractivity contribution in [2.24, 2.45) is 5.73 Å². The summed E-state index contributed by atoms with van der Waals surface area (Å²) in [4.78, 5) is 16.3. The fourth-order valence-electron chi connectivity index (χ4n) is 1.24. The van der Waals surface area contributed by atoms with Gasteiger partial charge >= 0.3 is 6.18 Å². The lowest BCUT2D eigenvalue weighted by molar-refractivity contribution is -0.140.